The number of esters is 1. The van der Waals surface area contributed by atoms with Crippen molar-refractivity contribution in [3.8, 4) is 5.75 Å². The van der Waals surface area contributed by atoms with Gasteiger partial charge >= 0.3 is 5.97 Å². The molecule has 1 aromatic rings. The van der Waals surface area contributed by atoms with Crippen molar-refractivity contribution in [3.05, 3.63) is 27.2 Å². The fraction of sp³-hybridized carbons (Fsp3) is 0.300. The third-order valence-corrected chi connectivity index (χ3v) is 2.41. The van der Waals surface area contributed by atoms with Gasteiger partial charge in [0.15, 0.2) is 5.75 Å². The fourth-order valence-electron chi connectivity index (χ4n) is 0.995. The summed E-state index contributed by atoms with van der Waals surface area (Å²) in [6, 6.07) is 2.95. The van der Waals surface area contributed by atoms with Crippen molar-refractivity contribution >= 4 is 40.8 Å². The largest absolute Gasteiger partial charge is 0.423 e. The lowest BCUT2D eigenvalue weighted by Gasteiger charge is -2.07. The highest BCUT2D eigenvalue weighted by Crippen LogP contribution is 2.35. The van der Waals surface area contributed by atoms with Crippen LogP contribution in [0.25, 0.3) is 0 Å². The maximum absolute atomic E-state index is 11.2. The minimum atomic E-state index is -0.358. The molecule has 0 amide bonds. The van der Waals surface area contributed by atoms with E-state index in [1.807, 2.05) is 6.92 Å². The van der Waals surface area contributed by atoms with Crippen molar-refractivity contribution in [2.75, 3.05) is 0 Å². The molecule has 0 aliphatic carbocycles. The Morgan fingerprint density at radius 1 is 1.27 bits per heavy atom. The minimum Gasteiger partial charge on any atom is -0.423 e. The molecule has 0 aromatic heterocycles. The van der Waals surface area contributed by atoms with Gasteiger partial charge in [-0.25, -0.2) is 0 Å². The summed E-state index contributed by atoms with van der Waals surface area (Å²) < 4.78 is 5.01. The Morgan fingerprint density at radius 2 is 1.80 bits per heavy atom. The van der Waals surface area contributed by atoms with Crippen LogP contribution in [0.1, 0.15) is 19.8 Å². The molecule has 82 valence electrons. The van der Waals surface area contributed by atoms with E-state index in [0.29, 0.717) is 17.9 Å². The van der Waals surface area contributed by atoms with Crippen molar-refractivity contribution in [2.45, 2.75) is 19.8 Å². The van der Waals surface area contributed by atoms with E-state index in [9.17, 15) is 4.79 Å². The summed E-state index contributed by atoms with van der Waals surface area (Å²) in [7, 11) is 0. The highest BCUT2D eigenvalue weighted by molar-refractivity contribution is 6.40. The lowest BCUT2D eigenvalue weighted by molar-refractivity contribution is -0.134. The molecule has 0 unspecified atom stereocenters. The molecule has 0 N–H and O–H groups in total. The summed E-state index contributed by atoms with van der Waals surface area (Å²) in [6.45, 7) is 1.88. The number of carbonyl (C=O) groups excluding carboxylic acids is 1. The molecule has 2 nitrogen and oxygen atoms in total. The molecule has 0 bridgehead atoms. The van der Waals surface area contributed by atoms with E-state index < -0.39 is 0 Å². The maximum atomic E-state index is 11.2. The molecule has 0 atom stereocenters. The molecule has 0 radical (unpaired) electrons. The number of hydrogen-bond acceptors (Lipinski definition) is 2. The standard InChI is InChI=1S/C10H9Cl3O2/c1-2-3-9(14)15-10-7(12)4-6(11)5-8(10)13/h4-5H,2-3H2,1H3. The molecule has 0 spiro atoms. The first-order valence-electron chi connectivity index (χ1n) is 4.39. The second-order valence-corrected chi connectivity index (χ2v) is 4.17. The summed E-state index contributed by atoms with van der Waals surface area (Å²) in [4.78, 5) is 11.2. The first-order valence-corrected chi connectivity index (χ1v) is 5.53. The molecular weight excluding hydrogens is 258 g/mol. The van der Waals surface area contributed by atoms with E-state index in [4.69, 9.17) is 39.5 Å². The van der Waals surface area contributed by atoms with Gasteiger partial charge in [-0.15, -0.1) is 0 Å². The number of rotatable bonds is 3. The van der Waals surface area contributed by atoms with Crippen LogP contribution in [0.2, 0.25) is 15.1 Å². The molecule has 0 saturated heterocycles. The van der Waals surface area contributed by atoms with Gasteiger partial charge in [0.05, 0.1) is 10.0 Å². The zero-order valence-corrected chi connectivity index (χ0v) is 10.3. The molecule has 0 heterocycles. The van der Waals surface area contributed by atoms with Crippen molar-refractivity contribution in [1.29, 1.82) is 0 Å². The second-order valence-electron chi connectivity index (χ2n) is 2.92. The first-order chi connectivity index (χ1) is 7.04. The lowest BCUT2D eigenvalue weighted by atomic mass is 10.3. The Kier molecular flexibility index (Phi) is 4.71. The van der Waals surface area contributed by atoms with Gasteiger partial charge in [0, 0.05) is 11.4 Å². The van der Waals surface area contributed by atoms with Crippen molar-refractivity contribution in [1.82, 2.24) is 0 Å². The summed E-state index contributed by atoms with van der Waals surface area (Å²) in [5.74, 6) is -0.190. The molecule has 1 rings (SSSR count). The number of ether oxygens (including phenoxy) is 1. The molecule has 5 heteroatoms. The second kappa shape index (κ2) is 5.59. The van der Waals surface area contributed by atoms with E-state index in [-0.39, 0.29) is 21.8 Å². The molecule has 0 aliphatic rings. The quantitative estimate of drug-likeness (QED) is 0.601. The van der Waals surface area contributed by atoms with Gasteiger partial charge in [-0.2, -0.15) is 0 Å². The van der Waals surface area contributed by atoms with Gasteiger partial charge in [0.25, 0.3) is 0 Å². The molecule has 0 fully saturated rings. The number of hydrogen-bond donors (Lipinski definition) is 0. The van der Waals surface area contributed by atoms with Crippen molar-refractivity contribution in [2.24, 2.45) is 0 Å². The van der Waals surface area contributed by atoms with Gasteiger partial charge in [0.2, 0.25) is 0 Å². The Labute approximate surface area is 103 Å². The van der Waals surface area contributed by atoms with Crippen LogP contribution >= 0.6 is 34.8 Å². The van der Waals surface area contributed by atoms with Crippen LogP contribution < -0.4 is 4.74 Å². The topological polar surface area (TPSA) is 26.3 Å². The number of benzene rings is 1. The molecule has 15 heavy (non-hydrogen) atoms. The summed E-state index contributed by atoms with van der Waals surface area (Å²) in [6.07, 6.45) is 1.04. The third-order valence-electron chi connectivity index (χ3n) is 1.63. The van der Waals surface area contributed by atoms with Crippen LogP contribution in [-0.2, 0) is 4.79 Å². The van der Waals surface area contributed by atoms with Gasteiger partial charge in [0.1, 0.15) is 0 Å². The maximum Gasteiger partial charge on any atom is 0.311 e. The smallest absolute Gasteiger partial charge is 0.311 e. The average molecular weight is 268 g/mol. The Balaban J connectivity index is 2.90. The SMILES string of the molecule is CCCC(=O)Oc1c(Cl)cc(Cl)cc1Cl. The van der Waals surface area contributed by atoms with E-state index in [1.54, 1.807) is 0 Å². The van der Waals surface area contributed by atoms with Crippen LogP contribution in [-0.4, -0.2) is 5.97 Å². The third kappa shape index (κ3) is 3.56. The van der Waals surface area contributed by atoms with Crippen LogP contribution in [0, 0.1) is 0 Å². The van der Waals surface area contributed by atoms with E-state index in [1.165, 1.54) is 12.1 Å². The van der Waals surface area contributed by atoms with E-state index in [2.05, 4.69) is 0 Å². The number of carbonyl (C=O) groups is 1. The lowest BCUT2D eigenvalue weighted by Crippen LogP contribution is -2.07. The predicted molar refractivity (Wildman–Crippen MR) is 62.0 cm³/mol. The fourth-order valence-corrected chi connectivity index (χ4v) is 1.89. The summed E-state index contributed by atoms with van der Waals surface area (Å²) >= 11 is 17.4. The predicted octanol–water partition coefficient (Wildman–Crippen LogP) is 4.35. The zero-order valence-electron chi connectivity index (χ0n) is 8.02. The van der Waals surface area contributed by atoms with Crippen LogP contribution in [0.4, 0.5) is 0 Å². The Morgan fingerprint density at radius 3 is 2.27 bits per heavy atom. The van der Waals surface area contributed by atoms with Crippen LogP contribution in [0.15, 0.2) is 12.1 Å². The average Bonchev–Trinajstić information content (AvgIpc) is 2.11. The van der Waals surface area contributed by atoms with Crippen molar-refractivity contribution < 1.29 is 9.53 Å². The highest BCUT2D eigenvalue weighted by Gasteiger charge is 2.12. The number of halogens is 3. The summed E-state index contributed by atoms with van der Waals surface area (Å²) in [5.41, 5.74) is 0. The highest BCUT2D eigenvalue weighted by atomic mass is 35.5. The minimum absolute atomic E-state index is 0.168. The first kappa shape index (κ1) is 12.6. The van der Waals surface area contributed by atoms with E-state index >= 15 is 0 Å². The van der Waals surface area contributed by atoms with Gasteiger partial charge in [-0.3, -0.25) is 4.79 Å². The zero-order chi connectivity index (χ0) is 11.4. The van der Waals surface area contributed by atoms with Crippen molar-refractivity contribution in [3.63, 3.8) is 0 Å². The Hall–Kier alpha value is -0.440. The molecule has 0 saturated carbocycles. The Bertz CT molecular complexity index is 354. The van der Waals surface area contributed by atoms with Crippen LogP contribution in [0.5, 0.6) is 5.75 Å². The van der Waals surface area contributed by atoms with Gasteiger partial charge in [-0.05, 0) is 18.6 Å². The molecular formula is C10H9Cl3O2. The van der Waals surface area contributed by atoms with E-state index in [0.717, 1.165) is 0 Å². The molecule has 1 aromatic carbocycles. The van der Waals surface area contributed by atoms with Crippen LogP contribution in [0.3, 0.4) is 0 Å². The normalized spacial score (nSPS) is 10.1. The molecule has 0 aliphatic heterocycles. The van der Waals surface area contributed by atoms with Gasteiger partial charge < -0.3 is 4.74 Å². The summed E-state index contributed by atoms with van der Waals surface area (Å²) in [5, 5.41) is 0.870. The monoisotopic (exact) mass is 266 g/mol. The van der Waals surface area contributed by atoms with Gasteiger partial charge in [-0.1, -0.05) is 41.7 Å².